The largest absolute Gasteiger partial charge is 0.378 e. The number of likely N-dealkylation sites (N-methyl/N-ethyl adjacent to an activating group) is 1. The number of carbonyl (C=O) groups is 1. The van der Waals surface area contributed by atoms with Crippen molar-refractivity contribution < 1.29 is 9.90 Å². The van der Waals surface area contributed by atoms with Crippen molar-refractivity contribution >= 4 is 17.5 Å². The van der Waals surface area contributed by atoms with Crippen molar-refractivity contribution in [3.05, 3.63) is 34.9 Å². The molecule has 5 atom stereocenters. The number of carbonyl (C=O) groups excluding carboxylic acids is 1. The van der Waals surface area contributed by atoms with E-state index in [1.807, 2.05) is 7.05 Å². The second kappa shape index (κ2) is 7.03. The van der Waals surface area contributed by atoms with Crippen LogP contribution in [0.4, 0.5) is 0 Å². The first kappa shape index (κ1) is 17.7. The predicted molar refractivity (Wildman–Crippen MR) is 95.9 cm³/mol. The molecular weight excluding hydrogens is 324 g/mol. The van der Waals surface area contributed by atoms with Crippen LogP contribution in [-0.4, -0.2) is 54.0 Å². The molecule has 0 spiro atoms. The van der Waals surface area contributed by atoms with E-state index in [1.54, 1.807) is 29.2 Å². The lowest BCUT2D eigenvalue weighted by atomic mass is 10.0. The van der Waals surface area contributed by atoms with Crippen LogP contribution in [0.15, 0.2) is 24.3 Å². The van der Waals surface area contributed by atoms with Gasteiger partial charge in [-0.05, 0) is 69.3 Å². The highest BCUT2D eigenvalue weighted by molar-refractivity contribution is 6.30. The van der Waals surface area contributed by atoms with Gasteiger partial charge in [-0.3, -0.25) is 4.79 Å². The highest BCUT2D eigenvalue weighted by atomic mass is 35.5. The molecule has 3 rings (SSSR count). The lowest BCUT2D eigenvalue weighted by Gasteiger charge is -2.28. The summed E-state index contributed by atoms with van der Waals surface area (Å²) in [6, 6.07) is 7.76. The van der Waals surface area contributed by atoms with Gasteiger partial charge in [-0.25, -0.2) is 0 Å². The van der Waals surface area contributed by atoms with Crippen molar-refractivity contribution in [3.8, 4) is 0 Å². The highest BCUT2D eigenvalue weighted by Crippen LogP contribution is 2.46. The fourth-order valence-electron chi connectivity index (χ4n) is 4.45. The van der Waals surface area contributed by atoms with Crippen molar-refractivity contribution in [2.45, 2.75) is 43.9 Å². The molecule has 1 amide bonds. The van der Waals surface area contributed by atoms with Crippen LogP contribution in [0, 0.1) is 11.8 Å². The molecule has 2 saturated carbocycles. The summed E-state index contributed by atoms with van der Waals surface area (Å²) >= 11 is 5.87. The molecule has 1 N–H and O–H groups in total. The van der Waals surface area contributed by atoms with E-state index in [2.05, 4.69) is 19.0 Å². The Morgan fingerprint density at radius 1 is 1.04 bits per heavy atom. The average Bonchev–Trinajstić information content (AvgIpc) is 3.12. The Kier molecular flexibility index (Phi) is 5.19. The van der Waals surface area contributed by atoms with Crippen molar-refractivity contribution in [2.75, 3.05) is 21.1 Å². The van der Waals surface area contributed by atoms with Crippen LogP contribution in [0.25, 0.3) is 0 Å². The quantitative estimate of drug-likeness (QED) is 0.908. The average molecular weight is 351 g/mol. The number of amides is 1. The number of halogens is 1. The highest BCUT2D eigenvalue weighted by Gasteiger charge is 2.44. The smallest absolute Gasteiger partial charge is 0.256 e. The number of hydrogen-bond acceptors (Lipinski definition) is 3. The Bertz CT molecular complexity index is 576. The van der Waals surface area contributed by atoms with E-state index in [0.29, 0.717) is 28.5 Å². The molecule has 0 bridgehead atoms. The van der Waals surface area contributed by atoms with E-state index in [9.17, 15) is 9.90 Å². The van der Waals surface area contributed by atoms with Gasteiger partial charge in [0.1, 0.15) is 0 Å². The molecule has 4 nitrogen and oxygen atoms in total. The number of hydrogen-bond donors (Lipinski definition) is 1. The van der Waals surface area contributed by atoms with Gasteiger partial charge in [0.2, 0.25) is 0 Å². The van der Waals surface area contributed by atoms with E-state index < -0.39 is 6.10 Å². The monoisotopic (exact) mass is 350 g/mol. The van der Waals surface area contributed by atoms with E-state index in [1.165, 1.54) is 12.8 Å². The Labute approximate surface area is 149 Å². The zero-order valence-corrected chi connectivity index (χ0v) is 15.4. The molecule has 0 heterocycles. The Morgan fingerprint density at radius 2 is 1.54 bits per heavy atom. The van der Waals surface area contributed by atoms with E-state index in [0.717, 1.165) is 12.8 Å². The normalized spacial score (nSPS) is 30.4. The van der Waals surface area contributed by atoms with Gasteiger partial charge >= 0.3 is 0 Å². The number of benzene rings is 1. The van der Waals surface area contributed by atoms with Gasteiger partial charge in [0, 0.05) is 24.2 Å². The number of nitrogens with zero attached hydrogens (tertiary/aromatic N) is 2. The minimum Gasteiger partial charge on any atom is -0.378 e. The molecule has 24 heavy (non-hydrogen) atoms. The van der Waals surface area contributed by atoms with Gasteiger partial charge in [0.15, 0.2) is 6.10 Å². The fraction of sp³-hybridized carbons (Fsp3) is 0.632. The molecule has 1 aromatic carbocycles. The van der Waals surface area contributed by atoms with Crippen molar-refractivity contribution in [3.63, 3.8) is 0 Å². The molecule has 2 aliphatic carbocycles. The molecule has 132 valence electrons. The molecule has 2 aliphatic rings. The number of fused-ring (bicyclic) bond motifs is 1. The first-order chi connectivity index (χ1) is 11.4. The Morgan fingerprint density at radius 3 is 2.04 bits per heavy atom. The summed E-state index contributed by atoms with van der Waals surface area (Å²) in [7, 11) is 6.14. The maximum Gasteiger partial charge on any atom is 0.256 e. The zero-order valence-electron chi connectivity index (χ0n) is 14.7. The van der Waals surface area contributed by atoms with Gasteiger partial charge in [-0.1, -0.05) is 23.7 Å². The molecule has 0 saturated heterocycles. The number of rotatable bonds is 4. The van der Waals surface area contributed by atoms with Gasteiger partial charge in [-0.15, -0.1) is 0 Å². The minimum absolute atomic E-state index is 0.216. The lowest BCUT2D eigenvalue weighted by molar-refractivity contribution is -0.141. The SMILES string of the molecule is CN(C)C1C[C@@H]2CC(N(C)C(=O)C(O)c3ccc(Cl)cc3)C[C@@H]2C1. The van der Waals surface area contributed by atoms with Gasteiger partial charge in [-0.2, -0.15) is 0 Å². The molecule has 0 aliphatic heterocycles. The standard InChI is InChI=1S/C19H27ClN2O2/c1-21(2)16-8-13-10-17(11-14(13)9-16)22(3)19(24)18(23)12-4-6-15(20)7-5-12/h4-7,13-14,16-18,23H,8-11H2,1-3H3/t13-,14+,16?,17?,18?. The van der Waals surface area contributed by atoms with Crippen molar-refractivity contribution in [2.24, 2.45) is 11.8 Å². The van der Waals surface area contributed by atoms with Crippen molar-refractivity contribution in [1.29, 1.82) is 0 Å². The molecule has 0 aromatic heterocycles. The first-order valence-electron chi connectivity index (χ1n) is 8.73. The van der Waals surface area contributed by atoms with Crippen LogP contribution in [0.5, 0.6) is 0 Å². The van der Waals surface area contributed by atoms with Gasteiger partial charge < -0.3 is 14.9 Å². The van der Waals surface area contributed by atoms with Crippen LogP contribution >= 0.6 is 11.6 Å². The summed E-state index contributed by atoms with van der Waals surface area (Å²) in [5.41, 5.74) is 0.599. The lowest BCUT2D eigenvalue weighted by Crippen LogP contribution is -2.39. The summed E-state index contributed by atoms with van der Waals surface area (Å²) in [6.07, 6.45) is 3.48. The maximum absolute atomic E-state index is 12.6. The summed E-state index contributed by atoms with van der Waals surface area (Å²) in [5.74, 6) is 1.21. The number of aliphatic hydroxyl groups is 1. The molecular formula is C19H27ClN2O2. The third-order valence-corrected chi connectivity index (χ3v) is 6.26. The predicted octanol–water partition coefficient (Wildman–Crippen LogP) is 2.95. The second-order valence-electron chi connectivity index (χ2n) is 7.64. The zero-order chi connectivity index (χ0) is 17.4. The van der Waals surface area contributed by atoms with Gasteiger partial charge in [0.05, 0.1) is 0 Å². The molecule has 5 heteroatoms. The second-order valence-corrected chi connectivity index (χ2v) is 8.07. The van der Waals surface area contributed by atoms with Crippen LogP contribution in [0.3, 0.4) is 0 Å². The fourth-order valence-corrected chi connectivity index (χ4v) is 4.58. The molecule has 2 fully saturated rings. The van der Waals surface area contributed by atoms with Crippen molar-refractivity contribution in [1.82, 2.24) is 9.80 Å². The molecule has 0 radical (unpaired) electrons. The van der Waals surface area contributed by atoms with Crippen LogP contribution < -0.4 is 0 Å². The van der Waals surface area contributed by atoms with Crippen LogP contribution in [-0.2, 0) is 4.79 Å². The van der Waals surface area contributed by atoms with Crippen LogP contribution in [0.1, 0.15) is 37.4 Å². The Hall–Kier alpha value is -1.10. The molecule has 1 aromatic rings. The Balaban J connectivity index is 1.60. The summed E-state index contributed by atoms with van der Waals surface area (Å²) in [4.78, 5) is 16.7. The van der Waals surface area contributed by atoms with E-state index in [4.69, 9.17) is 11.6 Å². The third kappa shape index (κ3) is 3.46. The topological polar surface area (TPSA) is 43.8 Å². The minimum atomic E-state index is -1.11. The number of aliphatic hydroxyl groups excluding tert-OH is 1. The van der Waals surface area contributed by atoms with E-state index >= 15 is 0 Å². The van der Waals surface area contributed by atoms with Gasteiger partial charge in [0.25, 0.3) is 5.91 Å². The first-order valence-corrected chi connectivity index (χ1v) is 9.11. The molecule has 3 unspecified atom stereocenters. The van der Waals surface area contributed by atoms with E-state index in [-0.39, 0.29) is 11.9 Å². The summed E-state index contributed by atoms with van der Waals surface area (Å²) in [6.45, 7) is 0. The summed E-state index contributed by atoms with van der Waals surface area (Å²) < 4.78 is 0. The third-order valence-electron chi connectivity index (χ3n) is 6.01. The van der Waals surface area contributed by atoms with Crippen LogP contribution in [0.2, 0.25) is 5.02 Å². The summed E-state index contributed by atoms with van der Waals surface area (Å²) in [5, 5.41) is 11.0. The maximum atomic E-state index is 12.6.